The molecule has 0 saturated carbocycles. The van der Waals surface area contributed by atoms with Gasteiger partial charge in [0, 0.05) is 5.56 Å². The molecule has 1 saturated heterocycles. The first-order valence-electron chi connectivity index (χ1n) is 6.18. The molecule has 1 aliphatic heterocycles. The van der Waals surface area contributed by atoms with Crippen molar-refractivity contribution in [2.24, 2.45) is 5.92 Å². The van der Waals surface area contributed by atoms with Gasteiger partial charge in [0.25, 0.3) is 0 Å². The van der Waals surface area contributed by atoms with E-state index in [4.69, 9.17) is 4.74 Å². The molecule has 2 rings (SSSR count). The molecular weight excluding hydrogens is 228 g/mol. The lowest BCUT2D eigenvalue weighted by Crippen LogP contribution is -2.27. The fourth-order valence-electron chi connectivity index (χ4n) is 1.93. The largest absolute Gasteiger partial charge is 0.465 e. The summed E-state index contributed by atoms with van der Waals surface area (Å²) in [5, 5.41) is 9.96. The highest BCUT2D eigenvalue weighted by Gasteiger charge is 2.28. The van der Waals surface area contributed by atoms with E-state index >= 15 is 0 Å². The van der Waals surface area contributed by atoms with Crippen molar-refractivity contribution in [1.82, 2.24) is 0 Å². The van der Waals surface area contributed by atoms with E-state index in [1.807, 2.05) is 30.3 Å². The number of hydrogen-bond acceptors (Lipinski definition) is 3. The molecule has 0 bridgehead atoms. The molecule has 1 aromatic carbocycles. The standard InChI is InChI=1S/C15H16O3/c16-14(10-9-12-6-2-1-3-7-12)13-8-4-5-11-18-15(13)17/h1-3,6-7,13-14,16H,4-5,8,11H2/t13-,14+/m1/s1. The highest BCUT2D eigenvalue weighted by atomic mass is 16.5. The van der Waals surface area contributed by atoms with Gasteiger partial charge >= 0.3 is 5.97 Å². The highest BCUT2D eigenvalue weighted by molar-refractivity contribution is 5.74. The van der Waals surface area contributed by atoms with Gasteiger partial charge in [0.2, 0.25) is 0 Å². The average molecular weight is 244 g/mol. The van der Waals surface area contributed by atoms with Crippen LogP contribution in [-0.4, -0.2) is 23.8 Å². The Morgan fingerprint density at radius 1 is 1.28 bits per heavy atom. The molecule has 94 valence electrons. The summed E-state index contributed by atoms with van der Waals surface area (Å²) in [5.74, 6) is 4.76. The van der Waals surface area contributed by atoms with E-state index in [1.165, 1.54) is 0 Å². The summed E-state index contributed by atoms with van der Waals surface area (Å²) in [5.41, 5.74) is 0.832. The fraction of sp³-hybridized carbons (Fsp3) is 0.400. The van der Waals surface area contributed by atoms with E-state index in [0.29, 0.717) is 13.0 Å². The summed E-state index contributed by atoms with van der Waals surface area (Å²) in [4.78, 5) is 11.6. The number of benzene rings is 1. The van der Waals surface area contributed by atoms with Crippen LogP contribution in [0.3, 0.4) is 0 Å². The van der Waals surface area contributed by atoms with Crippen LogP contribution in [0.4, 0.5) is 0 Å². The van der Waals surface area contributed by atoms with Crippen LogP contribution in [0.2, 0.25) is 0 Å². The van der Waals surface area contributed by atoms with Crippen LogP contribution < -0.4 is 0 Å². The Hall–Kier alpha value is -1.79. The third kappa shape index (κ3) is 3.35. The van der Waals surface area contributed by atoms with Gasteiger partial charge in [0.05, 0.1) is 12.5 Å². The topological polar surface area (TPSA) is 46.5 Å². The summed E-state index contributed by atoms with van der Waals surface area (Å²) in [6.07, 6.45) is 1.45. The zero-order valence-electron chi connectivity index (χ0n) is 10.1. The molecule has 18 heavy (non-hydrogen) atoms. The van der Waals surface area contributed by atoms with E-state index in [2.05, 4.69) is 11.8 Å². The van der Waals surface area contributed by atoms with E-state index in [9.17, 15) is 9.90 Å². The number of ether oxygens (including phenoxy) is 1. The van der Waals surface area contributed by atoms with Crippen LogP contribution in [0, 0.1) is 17.8 Å². The third-order valence-electron chi connectivity index (χ3n) is 2.98. The van der Waals surface area contributed by atoms with Gasteiger partial charge in [-0.05, 0) is 31.4 Å². The van der Waals surface area contributed by atoms with Crippen LogP contribution in [0.25, 0.3) is 0 Å². The van der Waals surface area contributed by atoms with Crippen LogP contribution in [0.5, 0.6) is 0 Å². The van der Waals surface area contributed by atoms with Crippen molar-refractivity contribution < 1.29 is 14.6 Å². The zero-order chi connectivity index (χ0) is 12.8. The second kappa shape index (κ2) is 6.23. The molecule has 2 atom stereocenters. The molecular formula is C15H16O3. The smallest absolute Gasteiger partial charge is 0.312 e. The van der Waals surface area contributed by atoms with E-state index in [-0.39, 0.29) is 5.97 Å². The SMILES string of the molecule is O=C1OCCCC[C@@H]1[C@@H](O)C#Cc1ccccc1. The average Bonchev–Trinajstić information content (AvgIpc) is 2.62. The Morgan fingerprint density at radius 2 is 2.06 bits per heavy atom. The van der Waals surface area contributed by atoms with Crippen LogP contribution >= 0.6 is 0 Å². The van der Waals surface area contributed by atoms with Gasteiger partial charge in [-0.25, -0.2) is 0 Å². The summed E-state index contributed by atoms with van der Waals surface area (Å²) in [7, 11) is 0. The molecule has 0 aromatic heterocycles. The van der Waals surface area contributed by atoms with Crippen molar-refractivity contribution >= 4 is 5.97 Å². The number of hydrogen-bond donors (Lipinski definition) is 1. The first kappa shape index (κ1) is 12.7. The molecule has 1 fully saturated rings. The van der Waals surface area contributed by atoms with Crippen molar-refractivity contribution in [2.45, 2.75) is 25.4 Å². The Bertz CT molecular complexity index is 456. The number of carbonyl (C=O) groups is 1. The van der Waals surface area contributed by atoms with Gasteiger partial charge in [0.15, 0.2) is 0 Å². The van der Waals surface area contributed by atoms with Crippen LogP contribution in [0.15, 0.2) is 30.3 Å². The monoisotopic (exact) mass is 244 g/mol. The predicted molar refractivity (Wildman–Crippen MR) is 67.6 cm³/mol. The lowest BCUT2D eigenvalue weighted by molar-refractivity contribution is -0.149. The Balaban J connectivity index is 2.05. The van der Waals surface area contributed by atoms with Gasteiger partial charge in [-0.1, -0.05) is 30.0 Å². The summed E-state index contributed by atoms with van der Waals surface area (Å²) in [6, 6.07) is 9.41. The van der Waals surface area contributed by atoms with Crippen molar-refractivity contribution in [2.75, 3.05) is 6.61 Å². The minimum atomic E-state index is -0.948. The number of carbonyl (C=O) groups excluding carboxylic acids is 1. The van der Waals surface area contributed by atoms with E-state index in [0.717, 1.165) is 18.4 Å². The number of esters is 1. The number of aliphatic hydroxyl groups is 1. The molecule has 0 radical (unpaired) electrons. The second-order valence-corrected chi connectivity index (χ2v) is 4.35. The van der Waals surface area contributed by atoms with Crippen molar-refractivity contribution in [3.05, 3.63) is 35.9 Å². The molecule has 3 heteroatoms. The molecule has 0 amide bonds. The summed E-state index contributed by atoms with van der Waals surface area (Å²) >= 11 is 0. The van der Waals surface area contributed by atoms with Gasteiger partial charge in [-0.15, -0.1) is 0 Å². The highest BCUT2D eigenvalue weighted by Crippen LogP contribution is 2.18. The maximum absolute atomic E-state index is 11.6. The number of aliphatic hydroxyl groups excluding tert-OH is 1. The third-order valence-corrected chi connectivity index (χ3v) is 2.98. The lowest BCUT2D eigenvalue weighted by atomic mass is 9.97. The maximum atomic E-state index is 11.6. The molecule has 0 aliphatic carbocycles. The van der Waals surface area contributed by atoms with Crippen molar-refractivity contribution in [1.29, 1.82) is 0 Å². The molecule has 0 spiro atoms. The second-order valence-electron chi connectivity index (χ2n) is 4.35. The number of rotatable bonds is 1. The van der Waals surface area contributed by atoms with Gasteiger partial charge in [0.1, 0.15) is 6.10 Å². The molecule has 0 unspecified atom stereocenters. The molecule has 1 N–H and O–H groups in total. The maximum Gasteiger partial charge on any atom is 0.312 e. The van der Waals surface area contributed by atoms with Gasteiger partial charge < -0.3 is 9.84 Å². The predicted octanol–water partition coefficient (Wildman–Crippen LogP) is 1.74. The first-order valence-corrected chi connectivity index (χ1v) is 6.18. The van der Waals surface area contributed by atoms with Gasteiger partial charge in [-0.2, -0.15) is 0 Å². The van der Waals surface area contributed by atoms with Crippen LogP contribution in [-0.2, 0) is 9.53 Å². The molecule has 1 aliphatic rings. The minimum absolute atomic E-state index is 0.331. The van der Waals surface area contributed by atoms with E-state index in [1.54, 1.807) is 0 Å². The molecule has 1 heterocycles. The quantitative estimate of drug-likeness (QED) is 0.604. The van der Waals surface area contributed by atoms with Crippen LogP contribution in [0.1, 0.15) is 24.8 Å². The normalized spacial score (nSPS) is 21.2. The van der Waals surface area contributed by atoms with Crippen molar-refractivity contribution in [3.63, 3.8) is 0 Å². The lowest BCUT2D eigenvalue weighted by Gasteiger charge is -2.13. The summed E-state index contributed by atoms with van der Waals surface area (Å²) < 4.78 is 5.02. The molecule has 1 aromatic rings. The Labute approximate surface area is 107 Å². The molecule has 3 nitrogen and oxygen atoms in total. The fourth-order valence-corrected chi connectivity index (χ4v) is 1.93. The van der Waals surface area contributed by atoms with Gasteiger partial charge in [-0.3, -0.25) is 4.79 Å². The van der Waals surface area contributed by atoms with E-state index < -0.39 is 12.0 Å². The first-order chi connectivity index (χ1) is 8.77. The summed E-state index contributed by atoms with van der Waals surface area (Å²) in [6.45, 7) is 0.453. The number of cyclic esters (lactones) is 1. The minimum Gasteiger partial charge on any atom is -0.465 e. The zero-order valence-corrected chi connectivity index (χ0v) is 10.1. The Morgan fingerprint density at radius 3 is 2.83 bits per heavy atom. The van der Waals surface area contributed by atoms with Crippen molar-refractivity contribution in [3.8, 4) is 11.8 Å². The Kier molecular flexibility index (Phi) is 4.38.